The number of aryl methyl sites for hydroxylation is 1. The number of hydrogen-bond acceptors (Lipinski definition) is 4. The monoisotopic (exact) mass is 375 g/mol. The number of hydrogen-bond donors (Lipinski definition) is 1. The van der Waals surface area contributed by atoms with Crippen molar-refractivity contribution in [1.82, 2.24) is 9.88 Å². The Bertz CT molecular complexity index is 1000. The Morgan fingerprint density at radius 2 is 1.96 bits per heavy atom. The summed E-state index contributed by atoms with van der Waals surface area (Å²) in [5.41, 5.74) is 9.50. The van der Waals surface area contributed by atoms with Crippen molar-refractivity contribution in [2.45, 2.75) is 12.8 Å². The van der Waals surface area contributed by atoms with E-state index in [0.29, 0.717) is 25.2 Å². The molecule has 2 N–H and O–H groups in total. The summed E-state index contributed by atoms with van der Waals surface area (Å²) in [6.45, 7) is 3.81. The van der Waals surface area contributed by atoms with Gasteiger partial charge in [0.2, 0.25) is 0 Å². The lowest BCUT2D eigenvalue weighted by molar-refractivity contribution is 0.0785. The second-order valence-electron chi connectivity index (χ2n) is 7.40. The number of amides is 1. The highest BCUT2D eigenvalue weighted by molar-refractivity contribution is 5.99. The highest BCUT2D eigenvalue weighted by Gasteiger charge is 2.36. The van der Waals surface area contributed by atoms with Gasteiger partial charge in [-0.15, -0.1) is 0 Å². The van der Waals surface area contributed by atoms with Gasteiger partial charge in [0.05, 0.1) is 23.9 Å². The smallest absolute Gasteiger partial charge is 0.255 e. The first-order valence-corrected chi connectivity index (χ1v) is 9.60. The van der Waals surface area contributed by atoms with Crippen molar-refractivity contribution in [3.63, 3.8) is 0 Å². The van der Waals surface area contributed by atoms with Gasteiger partial charge in [-0.2, -0.15) is 0 Å². The number of methoxy groups -OCH3 is 1. The maximum atomic E-state index is 13.3. The average molecular weight is 375 g/mol. The first-order valence-electron chi connectivity index (χ1n) is 9.60. The molecule has 1 amide bonds. The highest BCUT2D eigenvalue weighted by Crippen LogP contribution is 2.33. The Balaban J connectivity index is 1.63. The standard InChI is InChI=1S/C23H25N3O2/c1-15-20(10-17-8-9-19(28-2)11-22(17)25-15)23(27)26-13-18(12-24)21(14-26)16-6-4-3-5-7-16/h3-11,18,21H,12-14,24H2,1-2H3/t18-,21+/m1/s1. The molecule has 1 aliphatic heterocycles. The molecular formula is C23H25N3O2. The van der Waals surface area contributed by atoms with Crippen molar-refractivity contribution in [3.05, 3.63) is 71.4 Å². The van der Waals surface area contributed by atoms with E-state index in [1.807, 2.05) is 54.3 Å². The molecule has 5 nitrogen and oxygen atoms in total. The molecule has 1 fully saturated rings. The second-order valence-corrected chi connectivity index (χ2v) is 7.40. The summed E-state index contributed by atoms with van der Waals surface area (Å²) in [5, 5.41) is 0.934. The number of carbonyl (C=O) groups excluding carboxylic acids is 1. The summed E-state index contributed by atoms with van der Waals surface area (Å²) in [6, 6.07) is 18.0. The van der Waals surface area contributed by atoms with Crippen LogP contribution < -0.4 is 10.5 Å². The van der Waals surface area contributed by atoms with Gasteiger partial charge in [0.25, 0.3) is 5.91 Å². The van der Waals surface area contributed by atoms with E-state index in [9.17, 15) is 4.79 Å². The van der Waals surface area contributed by atoms with Crippen molar-refractivity contribution in [2.75, 3.05) is 26.7 Å². The quantitative estimate of drug-likeness (QED) is 0.759. The molecule has 144 valence electrons. The van der Waals surface area contributed by atoms with Crippen molar-refractivity contribution in [2.24, 2.45) is 11.7 Å². The average Bonchev–Trinajstić information content (AvgIpc) is 3.17. The van der Waals surface area contributed by atoms with Crippen LogP contribution in [0.25, 0.3) is 10.9 Å². The van der Waals surface area contributed by atoms with Crippen LogP contribution in [0.3, 0.4) is 0 Å². The lowest BCUT2D eigenvalue weighted by atomic mass is 9.89. The van der Waals surface area contributed by atoms with Crippen LogP contribution in [0.4, 0.5) is 0 Å². The van der Waals surface area contributed by atoms with E-state index in [1.165, 1.54) is 5.56 Å². The fourth-order valence-corrected chi connectivity index (χ4v) is 4.11. The van der Waals surface area contributed by atoms with Gasteiger partial charge >= 0.3 is 0 Å². The van der Waals surface area contributed by atoms with E-state index in [4.69, 9.17) is 10.5 Å². The summed E-state index contributed by atoms with van der Waals surface area (Å²) in [7, 11) is 1.64. The first kappa shape index (κ1) is 18.4. The largest absolute Gasteiger partial charge is 0.497 e. The Labute approximate surface area is 165 Å². The summed E-state index contributed by atoms with van der Waals surface area (Å²) in [6.07, 6.45) is 0. The van der Waals surface area contributed by atoms with Gasteiger partial charge in [0.1, 0.15) is 5.75 Å². The Hall–Kier alpha value is -2.92. The van der Waals surface area contributed by atoms with E-state index in [-0.39, 0.29) is 17.7 Å². The zero-order chi connectivity index (χ0) is 19.7. The fourth-order valence-electron chi connectivity index (χ4n) is 4.11. The number of nitrogens with two attached hydrogens (primary N) is 1. The first-order chi connectivity index (χ1) is 13.6. The Kier molecular flexibility index (Phi) is 5.01. The van der Waals surface area contributed by atoms with E-state index in [1.54, 1.807) is 7.11 Å². The molecule has 3 aromatic rings. The number of fused-ring (bicyclic) bond motifs is 1. The number of pyridine rings is 1. The number of carbonyl (C=O) groups is 1. The fraction of sp³-hybridized carbons (Fsp3) is 0.304. The molecule has 5 heteroatoms. The third-order valence-corrected chi connectivity index (χ3v) is 5.70. The molecule has 1 saturated heterocycles. The van der Waals surface area contributed by atoms with Crippen LogP contribution in [0.1, 0.15) is 27.5 Å². The third-order valence-electron chi connectivity index (χ3n) is 5.70. The molecule has 0 saturated carbocycles. The van der Waals surface area contributed by atoms with Gasteiger partial charge in [-0.1, -0.05) is 30.3 Å². The maximum absolute atomic E-state index is 13.3. The van der Waals surface area contributed by atoms with Crippen molar-refractivity contribution >= 4 is 16.8 Å². The van der Waals surface area contributed by atoms with Crippen LogP contribution in [-0.4, -0.2) is 42.5 Å². The van der Waals surface area contributed by atoms with Crippen LogP contribution in [0.5, 0.6) is 5.75 Å². The molecule has 2 heterocycles. The zero-order valence-electron chi connectivity index (χ0n) is 16.3. The molecule has 0 bridgehead atoms. The van der Waals surface area contributed by atoms with Crippen LogP contribution in [0.15, 0.2) is 54.6 Å². The molecule has 0 spiro atoms. The predicted molar refractivity (Wildman–Crippen MR) is 111 cm³/mol. The topological polar surface area (TPSA) is 68.5 Å². The summed E-state index contributed by atoms with van der Waals surface area (Å²) in [4.78, 5) is 19.9. The summed E-state index contributed by atoms with van der Waals surface area (Å²) in [5.74, 6) is 1.33. The van der Waals surface area contributed by atoms with Gasteiger partial charge in [-0.25, -0.2) is 0 Å². The van der Waals surface area contributed by atoms with Gasteiger partial charge in [-0.05, 0) is 43.1 Å². The molecule has 1 aromatic heterocycles. The molecule has 2 aromatic carbocycles. The maximum Gasteiger partial charge on any atom is 0.255 e. The van der Waals surface area contributed by atoms with E-state index in [0.717, 1.165) is 22.3 Å². The third kappa shape index (κ3) is 3.34. The van der Waals surface area contributed by atoms with E-state index in [2.05, 4.69) is 17.1 Å². The van der Waals surface area contributed by atoms with Crippen LogP contribution >= 0.6 is 0 Å². The normalized spacial score (nSPS) is 19.2. The minimum Gasteiger partial charge on any atom is -0.497 e. The van der Waals surface area contributed by atoms with Gasteiger partial charge in [-0.3, -0.25) is 9.78 Å². The Morgan fingerprint density at radius 3 is 2.68 bits per heavy atom. The molecule has 28 heavy (non-hydrogen) atoms. The molecular weight excluding hydrogens is 350 g/mol. The number of benzene rings is 2. The molecule has 0 radical (unpaired) electrons. The molecule has 2 atom stereocenters. The number of rotatable bonds is 4. The number of nitrogens with zero attached hydrogens (tertiary/aromatic N) is 2. The Morgan fingerprint density at radius 1 is 1.18 bits per heavy atom. The van der Waals surface area contributed by atoms with Crippen molar-refractivity contribution in [1.29, 1.82) is 0 Å². The molecule has 0 aliphatic carbocycles. The van der Waals surface area contributed by atoms with E-state index < -0.39 is 0 Å². The molecule has 1 aliphatic rings. The minimum absolute atomic E-state index is 0.0274. The van der Waals surface area contributed by atoms with Crippen molar-refractivity contribution < 1.29 is 9.53 Å². The summed E-state index contributed by atoms with van der Waals surface area (Å²) >= 11 is 0. The van der Waals surface area contributed by atoms with Crippen LogP contribution in [0.2, 0.25) is 0 Å². The number of aromatic nitrogens is 1. The number of likely N-dealkylation sites (tertiary alicyclic amines) is 1. The molecule has 0 unspecified atom stereocenters. The minimum atomic E-state index is 0.0274. The second kappa shape index (κ2) is 7.60. The van der Waals surface area contributed by atoms with Gasteiger partial charge in [0.15, 0.2) is 0 Å². The lowest BCUT2D eigenvalue weighted by Crippen LogP contribution is -2.30. The van der Waals surface area contributed by atoms with Crippen LogP contribution in [-0.2, 0) is 0 Å². The molecule has 4 rings (SSSR count). The predicted octanol–water partition coefficient (Wildman–Crippen LogP) is 3.37. The van der Waals surface area contributed by atoms with Gasteiger partial charge < -0.3 is 15.4 Å². The zero-order valence-corrected chi connectivity index (χ0v) is 16.3. The van der Waals surface area contributed by atoms with Crippen molar-refractivity contribution in [3.8, 4) is 5.75 Å². The summed E-state index contributed by atoms with van der Waals surface area (Å²) < 4.78 is 5.27. The highest BCUT2D eigenvalue weighted by atomic mass is 16.5. The van der Waals surface area contributed by atoms with E-state index >= 15 is 0 Å². The SMILES string of the molecule is COc1ccc2cc(C(=O)N3C[C@@H](CN)[C@H](c4ccccc4)C3)c(C)nc2c1. The van der Waals surface area contributed by atoms with Crippen LogP contribution in [0, 0.1) is 12.8 Å². The number of ether oxygens (including phenoxy) is 1. The van der Waals surface area contributed by atoms with Gasteiger partial charge in [0, 0.05) is 30.5 Å². The lowest BCUT2D eigenvalue weighted by Gasteiger charge is -2.18.